The molecule has 4 rings (SSSR count). The molecule has 29 heavy (non-hydrogen) atoms. The molecular weight excluding hydrogens is 356 g/mol. The van der Waals surface area contributed by atoms with E-state index in [0.717, 1.165) is 28.7 Å². The van der Waals surface area contributed by atoms with Crippen LogP contribution in [0.3, 0.4) is 0 Å². The van der Waals surface area contributed by atoms with Crippen LogP contribution in [0.1, 0.15) is 41.3 Å². The van der Waals surface area contributed by atoms with E-state index in [1.807, 2.05) is 91.0 Å². The van der Waals surface area contributed by atoms with Crippen molar-refractivity contribution < 1.29 is 9.59 Å². The van der Waals surface area contributed by atoms with Crippen LogP contribution >= 0.6 is 0 Å². The molecule has 0 bridgehead atoms. The van der Waals surface area contributed by atoms with E-state index in [2.05, 4.69) is 0 Å². The molecule has 0 atom stereocenters. The Morgan fingerprint density at radius 1 is 0.655 bits per heavy atom. The Kier molecular flexibility index (Phi) is 5.35. The summed E-state index contributed by atoms with van der Waals surface area (Å²) in [5.74, 6) is -0.0366. The lowest BCUT2D eigenvalue weighted by Crippen LogP contribution is -2.09. The van der Waals surface area contributed by atoms with Gasteiger partial charge in [0.25, 0.3) is 0 Å². The van der Waals surface area contributed by atoms with Gasteiger partial charge in [-0.25, -0.2) is 0 Å². The molecule has 0 N–H and O–H groups in total. The Hall–Kier alpha value is -3.52. The number of hydrogen-bond donors (Lipinski definition) is 0. The number of carbonyl (C=O) groups is 2. The molecule has 0 amide bonds. The fourth-order valence-corrected chi connectivity index (χ4v) is 4.06. The SMILES string of the molecule is CC(=O)/C(=C1/CCC(c2ccccc2)=C1C(=O)c1ccccc1)c1ccccc1. The molecule has 0 saturated carbocycles. The van der Waals surface area contributed by atoms with Crippen LogP contribution in [0.2, 0.25) is 0 Å². The third kappa shape index (κ3) is 3.74. The first kappa shape index (κ1) is 18.8. The number of allylic oxidation sites excluding steroid dienone is 4. The molecule has 1 aliphatic rings. The summed E-state index contributed by atoms with van der Waals surface area (Å²) in [6.07, 6.45) is 1.43. The Labute approximate surface area is 171 Å². The lowest BCUT2D eigenvalue weighted by atomic mass is 9.88. The monoisotopic (exact) mass is 378 g/mol. The van der Waals surface area contributed by atoms with Crippen molar-refractivity contribution in [3.63, 3.8) is 0 Å². The summed E-state index contributed by atoms with van der Waals surface area (Å²) in [6, 6.07) is 29.0. The first-order valence-electron chi connectivity index (χ1n) is 9.85. The molecule has 1 aliphatic carbocycles. The van der Waals surface area contributed by atoms with Gasteiger partial charge in [-0.15, -0.1) is 0 Å². The van der Waals surface area contributed by atoms with Crippen LogP contribution in [0.5, 0.6) is 0 Å². The molecule has 2 nitrogen and oxygen atoms in total. The zero-order chi connectivity index (χ0) is 20.2. The molecule has 0 spiro atoms. The van der Waals surface area contributed by atoms with Crippen molar-refractivity contribution in [3.05, 3.63) is 119 Å². The van der Waals surface area contributed by atoms with Crippen molar-refractivity contribution in [2.24, 2.45) is 0 Å². The van der Waals surface area contributed by atoms with Gasteiger partial charge >= 0.3 is 0 Å². The minimum absolute atomic E-state index is 0.0149. The fraction of sp³-hybridized carbons (Fsp3) is 0.111. The maximum Gasteiger partial charge on any atom is 0.193 e. The normalized spacial score (nSPS) is 15.3. The van der Waals surface area contributed by atoms with Crippen molar-refractivity contribution in [1.82, 2.24) is 0 Å². The molecule has 3 aromatic rings. The van der Waals surface area contributed by atoms with Gasteiger partial charge in [-0.3, -0.25) is 9.59 Å². The Morgan fingerprint density at radius 2 is 1.17 bits per heavy atom. The van der Waals surface area contributed by atoms with Crippen LogP contribution in [0.25, 0.3) is 11.1 Å². The predicted octanol–water partition coefficient (Wildman–Crippen LogP) is 6.16. The van der Waals surface area contributed by atoms with Crippen LogP contribution in [0, 0.1) is 0 Å². The summed E-state index contributed by atoms with van der Waals surface area (Å²) in [5.41, 5.74) is 5.75. The van der Waals surface area contributed by atoms with Crippen molar-refractivity contribution >= 4 is 22.7 Å². The molecule has 0 saturated heterocycles. The minimum atomic E-state index is -0.0216. The van der Waals surface area contributed by atoms with Crippen molar-refractivity contribution in [2.75, 3.05) is 0 Å². The van der Waals surface area contributed by atoms with Crippen molar-refractivity contribution in [3.8, 4) is 0 Å². The molecule has 0 aliphatic heterocycles. The van der Waals surface area contributed by atoms with Crippen LogP contribution < -0.4 is 0 Å². The smallest absolute Gasteiger partial charge is 0.193 e. The zero-order valence-corrected chi connectivity index (χ0v) is 16.4. The molecule has 3 aromatic carbocycles. The second kappa shape index (κ2) is 8.24. The lowest BCUT2D eigenvalue weighted by Gasteiger charge is -2.14. The van der Waals surface area contributed by atoms with E-state index in [1.54, 1.807) is 6.92 Å². The van der Waals surface area contributed by atoms with E-state index in [1.165, 1.54) is 0 Å². The van der Waals surface area contributed by atoms with Gasteiger partial charge in [0.2, 0.25) is 0 Å². The summed E-state index contributed by atoms with van der Waals surface area (Å²) < 4.78 is 0. The standard InChI is InChI=1S/C27H22O2/c1-19(28)25(21-13-7-3-8-14-21)24-18-17-23(20-11-5-2-6-12-20)26(24)27(29)22-15-9-4-10-16-22/h2-16H,17-18H2,1H3/b25-24+. The third-order valence-electron chi connectivity index (χ3n) is 5.33. The van der Waals surface area contributed by atoms with Gasteiger partial charge in [-0.2, -0.15) is 0 Å². The number of rotatable bonds is 5. The Morgan fingerprint density at radius 3 is 1.72 bits per heavy atom. The van der Waals surface area contributed by atoms with E-state index in [9.17, 15) is 9.59 Å². The summed E-state index contributed by atoms with van der Waals surface area (Å²) in [4.78, 5) is 26.3. The molecular formula is C27H22O2. The summed E-state index contributed by atoms with van der Waals surface area (Å²) in [5, 5.41) is 0. The number of Topliss-reactive ketones (excluding diaryl/α,β-unsaturated/α-hetero) is 2. The maximum absolute atomic E-state index is 13.6. The van der Waals surface area contributed by atoms with Crippen molar-refractivity contribution in [2.45, 2.75) is 19.8 Å². The fourth-order valence-electron chi connectivity index (χ4n) is 4.06. The number of carbonyl (C=O) groups excluding carboxylic acids is 2. The second-order valence-corrected chi connectivity index (χ2v) is 7.19. The molecule has 2 heteroatoms. The quantitative estimate of drug-likeness (QED) is 0.394. The van der Waals surface area contributed by atoms with Crippen LogP contribution in [-0.4, -0.2) is 11.6 Å². The lowest BCUT2D eigenvalue weighted by molar-refractivity contribution is -0.111. The van der Waals surface area contributed by atoms with Gasteiger partial charge in [-0.1, -0.05) is 91.0 Å². The first-order chi connectivity index (χ1) is 14.2. The Bertz CT molecular complexity index is 1100. The van der Waals surface area contributed by atoms with E-state index >= 15 is 0 Å². The van der Waals surface area contributed by atoms with E-state index in [0.29, 0.717) is 23.1 Å². The van der Waals surface area contributed by atoms with Crippen LogP contribution in [-0.2, 0) is 4.79 Å². The van der Waals surface area contributed by atoms with Gasteiger partial charge in [0.05, 0.1) is 0 Å². The van der Waals surface area contributed by atoms with Gasteiger partial charge in [0.15, 0.2) is 11.6 Å². The molecule has 142 valence electrons. The maximum atomic E-state index is 13.6. The number of ketones is 2. The third-order valence-corrected chi connectivity index (χ3v) is 5.33. The molecule has 0 heterocycles. The largest absolute Gasteiger partial charge is 0.294 e. The topological polar surface area (TPSA) is 34.1 Å². The second-order valence-electron chi connectivity index (χ2n) is 7.19. The van der Waals surface area contributed by atoms with Crippen molar-refractivity contribution in [1.29, 1.82) is 0 Å². The molecule has 0 fully saturated rings. The number of hydrogen-bond acceptors (Lipinski definition) is 2. The highest BCUT2D eigenvalue weighted by Crippen LogP contribution is 2.43. The summed E-state index contributed by atoms with van der Waals surface area (Å²) >= 11 is 0. The Balaban J connectivity index is 1.98. The predicted molar refractivity (Wildman–Crippen MR) is 117 cm³/mol. The van der Waals surface area contributed by atoms with Crippen LogP contribution in [0.15, 0.2) is 102 Å². The summed E-state index contributed by atoms with van der Waals surface area (Å²) in [6.45, 7) is 1.58. The van der Waals surface area contributed by atoms with Gasteiger partial charge in [0.1, 0.15) is 0 Å². The van der Waals surface area contributed by atoms with E-state index < -0.39 is 0 Å². The average molecular weight is 378 g/mol. The average Bonchev–Trinajstić information content (AvgIpc) is 3.19. The van der Waals surface area contributed by atoms with E-state index in [4.69, 9.17) is 0 Å². The van der Waals surface area contributed by atoms with Gasteiger partial charge < -0.3 is 0 Å². The number of benzene rings is 3. The first-order valence-corrected chi connectivity index (χ1v) is 9.85. The van der Waals surface area contributed by atoms with Gasteiger partial charge in [-0.05, 0) is 42.0 Å². The molecule has 0 radical (unpaired) electrons. The highest BCUT2D eigenvalue weighted by molar-refractivity contribution is 6.26. The highest BCUT2D eigenvalue weighted by atomic mass is 16.1. The molecule has 0 aromatic heterocycles. The van der Waals surface area contributed by atoms with Crippen LogP contribution in [0.4, 0.5) is 0 Å². The molecule has 0 unspecified atom stereocenters. The van der Waals surface area contributed by atoms with Gasteiger partial charge in [0, 0.05) is 16.7 Å². The summed E-state index contributed by atoms with van der Waals surface area (Å²) in [7, 11) is 0. The van der Waals surface area contributed by atoms with E-state index in [-0.39, 0.29) is 11.6 Å². The highest BCUT2D eigenvalue weighted by Gasteiger charge is 2.30. The zero-order valence-electron chi connectivity index (χ0n) is 16.4. The minimum Gasteiger partial charge on any atom is -0.294 e.